The normalized spacial score (nSPS) is 27.2. The highest BCUT2D eigenvalue weighted by Crippen LogP contribution is 2.27. The molecule has 2 aliphatic heterocycles. The number of nitrogens with zero attached hydrogens (tertiary/aromatic N) is 2. The molecule has 132 valence electrons. The van der Waals surface area contributed by atoms with Gasteiger partial charge in [-0.15, -0.1) is 0 Å². The Morgan fingerprint density at radius 2 is 1.80 bits per heavy atom. The smallest absolute Gasteiger partial charge is 0.127 e. The number of benzene rings is 2. The van der Waals surface area contributed by atoms with E-state index in [9.17, 15) is 5.11 Å². The molecule has 2 heterocycles. The van der Waals surface area contributed by atoms with E-state index in [4.69, 9.17) is 4.74 Å². The maximum absolute atomic E-state index is 9.92. The van der Waals surface area contributed by atoms with Crippen LogP contribution in [-0.4, -0.2) is 52.7 Å². The lowest BCUT2D eigenvalue weighted by Gasteiger charge is -2.42. The average molecular weight is 338 g/mol. The first-order valence-corrected chi connectivity index (χ1v) is 9.15. The summed E-state index contributed by atoms with van der Waals surface area (Å²) in [6, 6.07) is 19.3. The van der Waals surface area contributed by atoms with E-state index < -0.39 is 0 Å². The highest BCUT2D eigenvalue weighted by atomic mass is 16.5. The molecule has 4 heteroatoms. The zero-order valence-corrected chi connectivity index (χ0v) is 14.7. The van der Waals surface area contributed by atoms with Crippen LogP contribution in [0.3, 0.4) is 0 Å². The molecule has 3 atom stereocenters. The number of ether oxygens (including phenoxy) is 1. The van der Waals surface area contributed by atoms with Crippen molar-refractivity contribution in [3.63, 3.8) is 0 Å². The van der Waals surface area contributed by atoms with Crippen LogP contribution in [0, 0.1) is 0 Å². The summed E-state index contributed by atoms with van der Waals surface area (Å²) in [5.74, 6) is 1.74. The van der Waals surface area contributed by atoms with Crippen LogP contribution in [-0.2, 0) is 6.54 Å². The third kappa shape index (κ3) is 3.87. The minimum Gasteiger partial charge on any atom is -0.457 e. The van der Waals surface area contributed by atoms with Crippen LogP contribution in [0.5, 0.6) is 11.5 Å². The molecule has 4 nitrogen and oxygen atoms in total. The minimum absolute atomic E-state index is 0.153. The molecule has 1 unspecified atom stereocenters. The molecule has 2 saturated heterocycles. The van der Waals surface area contributed by atoms with E-state index >= 15 is 0 Å². The van der Waals surface area contributed by atoms with Crippen LogP contribution in [0.1, 0.15) is 18.9 Å². The number of hydrogen-bond acceptors (Lipinski definition) is 4. The number of aliphatic hydroxyl groups is 1. The van der Waals surface area contributed by atoms with Crippen molar-refractivity contribution in [3.8, 4) is 11.5 Å². The number of fused-ring (bicyclic) bond motifs is 1. The number of aliphatic hydroxyl groups excluding tert-OH is 1. The van der Waals surface area contributed by atoms with E-state index in [-0.39, 0.29) is 6.10 Å². The van der Waals surface area contributed by atoms with Gasteiger partial charge in [-0.1, -0.05) is 30.3 Å². The molecule has 25 heavy (non-hydrogen) atoms. The largest absolute Gasteiger partial charge is 0.457 e. The van der Waals surface area contributed by atoms with E-state index in [1.807, 2.05) is 36.4 Å². The van der Waals surface area contributed by atoms with Crippen molar-refractivity contribution >= 4 is 0 Å². The van der Waals surface area contributed by atoms with Gasteiger partial charge in [-0.25, -0.2) is 0 Å². The quantitative estimate of drug-likeness (QED) is 0.929. The van der Waals surface area contributed by atoms with Crippen molar-refractivity contribution in [3.05, 3.63) is 60.2 Å². The summed E-state index contributed by atoms with van der Waals surface area (Å²) in [5, 5.41) is 9.92. The van der Waals surface area contributed by atoms with Gasteiger partial charge in [0, 0.05) is 38.3 Å². The summed E-state index contributed by atoms with van der Waals surface area (Å²) in [4.78, 5) is 4.97. The Morgan fingerprint density at radius 3 is 2.64 bits per heavy atom. The molecule has 4 rings (SSSR count). The molecule has 0 aromatic heterocycles. The molecule has 0 bridgehead atoms. The van der Waals surface area contributed by atoms with Crippen molar-refractivity contribution in [2.24, 2.45) is 0 Å². The van der Waals surface area contributed by atoms with Crippen molar-refractivity contribution in [2.75, 3.05) is 19.6 Å². The molecular weight excluding hydrogens is 312 g/mol. The van der Waals surface area contributed by atoms with E-state index in [0.717, 1.165) is 44.1 Å². The van der Waals surface area contributed by atoms with Crippen molar-refractivity contribution in [1.29, 1.82) is 0 Å². The Kier molecular flexibility index (Phi) is 4.75. The minimum atomic E-state index is -0.153. The van der Waals surface area contributed by atoms with Crippen LogP contribution in [0.15, 0.2) is 54.6 Å². The molecule has 2 aliphatic rings. The fourth-order valence-electron chi connectivity index (χ4n) is 4.06. The summed E-state index contributed by atoms with van der Waals surface area (Å²) in [6.45, 7) is 6.12. The predicted molar refractivity (Wildman–Crippen MR) is 98.8 cm³/mol. The predicted octanol–water partition coefficient (Wildman–Crippen LogP) is 3.12. The van der Waals surface area contributed by atoms with Gasteiger partial charge in [0.2, 0.25) is 0 Å². The first kappa shape index (κ1) is 16.6. The van der Waals surface area contributed by atoms with Crippen molar-refractivity contribution in [2.45, 2.75) is 38.1 Å². The summed E-state index contributed by atoms with van der Waals surface area (Å²) < 4.78 is 5.96. The monoisotopic (exact) mass is 338 g/mol. The van der Waals surface area contributed by atoms with Crippen LogP contribution in [0.4, 0.5) is 0 Å². The van der Waals surface area contributed by atoms with Crippen LogP contribution in [0.2, 0.25) is 0 Å². The third-order valence-corrected chi connectivity index (χ3v) is 5.34. The second-order valence-corrected chi connectivity index (χ2v) is 7.34. The third-order valence-electron chi connectivity index (χ3n) is 5.34. The zero-order valence-electron chi connectivity index (χ0n) is 14.7. The molecule has 1 N–H and O–H groups in total. The molecule has 0 radical (unpaired) electrons. The molecule has 2 aromatic rings. The lowest BCUT2D eigenvalue weighted by Crippen LogP contribution is -2.54. The molecule has 0 amide bonds. The number of hydrogen-bond donors (Lipinski definition) is 1. The number of para-hydroxylation sites is 1. The lowest BCUT2D eigenvalue weighted by molar-refractivity contribution is 0.0528. The number of piperazine rings is 1. The topological polar surface area (TPSA) is 35.9 Å². The second kappa shape index (κ2) is 7.16. The Morgan fingerprint density at radius 1 is 1.00 bits per heavy atom. The van der Waals surface area contributed by atoms with Gasteiger partial charge in [0.25, 0.3) is 0 Å². The van der Waals surface area contributed by atoms with Crippen LogP contribution in [0.25, 0.3) is 0 Å². The fourth-order valence-corrected chi connectivity index (χ4v) is 4.06. The summed E-state index contributed by atoms with van der Waals surface area (Å²) in [7, 11) is 0. The van der Waals surface area contributed by atoms with E-state index in [0.29, 0.717) is 12.1 Å². The van der Waals surface area contributed by atoms with Gasteiger partial charge < -0.3 is 9.84 Å². The van der Waals surface area contributed by atoms with Crippen LogP contribution < -0.4 is 4.74 Å². The van der Waals surface area contributed by atoms with E-state index in [2.05, 4.69) is 34.9 Å². The Hall–Kier alpha value is -1.88. The molecule has 0 aliphatic carbocycles. The standard InChI is InChI=1S/C21H26N2O2/c1-16-12-23-15-19(24)11-18(23)14-22(16)13-17-6-5-9-21(10-17)25-20-7-3-2-4-8-20/h2-10,16,18-19,24H,11-15H2,1H3/t16-,18?,19+/m0/s1. The van der Waals surface area contributed by atoms with Gasteiger partial charge in [0.1, 0.15) is 11.5 Å². The fraction of sp³-hybridized carbons (Fsp3) is 0.429. The molecule has 2 fully saturated rings. The van der Waals surface area contributed by atoms with Crippen LogP contribution >= 0.6 is 0 Å². The Balaban J connectivity index is 1.43. The SMILES string of the molecule is C[C@H]1CN2C[C@H](O)CC2CN1Cc1cccc(Oc2ccccc2)c1. The highest BCUT2D eigenvalue weighted by Gasteiger charge is 2.37. The van der Waals surface area contributed by atoms with Gasteiger partial charge in [-0.3, -0.25) is 9.80 Å². The first-order chi connectivity index (χ1) is 12.2. The highest BCUT2D eigenvalue weighted by molar-refractivity contribution is 5.33. The Bertz CT molecular complexity index is 706. The summed E-state index contributed by atoms with van der Waals surface area (Å²) in [6.07, 6.45) is 0.750. The van der Waals surface area contributed by atoms with Gasteiger partial charge in [0.05, 0.1) is 6.10 Å². The second-order valence-electron chi connectivity index (χ2n) is 7.34. The van der Waals surface area contributed by atoms with Crippen molar-refractivity contribution < 1.29 is 9.84 Å². The van der Waals surface area contributed by atoms with Gasteiger partial charge in [0.15, 0.2) is 0 Å². The Labute approximate surface area is 149 Å². The molecule has 0 saturated carbocycles. The number of rotatable bonds is 4. The van der Waals surface area contributed by atoms with Gasteiger partial charge in [-0.05, 0) is 43.2 Å². The first-order valence-electron chi connectivity index (χ1n) is 9.15. The summed E-state index contributed by atoms with van der Waals surface area (Å²) >= 11 is 0. The van der Waals surface area contributed by atoms with E-state index in [1.165, 1.54) is 5.56 Å². The zero-order chi connectivity index (χ0) is 17.2. The molecule has 2 aromatic carbocycles. The molecular formula is C21H26N2O2. The maximum atomic E-state index is 9.92. The van der Waals surface area contributed by atoms with Crippen molar-refractivity contribution in [1.82, 2.24) is 9.80 Å². The van der Waals surface area contributed by atoms with Gasteiger partial charge >= 0.3 is 0 Å². The summed E-state index contributed by atoms with van der Waals surface area (Å²) in [5.41, 5.74) is 1.27. The van der Waals surface area contributed by atoms with Gasteiger partial charge in [-0.2, -0.15) is 0 Å². The van der Waals surface area contributed by atoms with E-state index in [1.54, 1.807) is 0 Å². The maximum Gasteiger partial charge on any atom is 0.127 e. The molecule has 0 spiro atoms. The average Bonchev–Trinajstić information content (AvgIpc) is 2.95. The lowest BCUT2D eigenvalue weighted by atomic mass is 10.1.